The Morgan fingerprint density at radius 3 is 2.44 bits per heavy atom. The fourth-order valence-corrected chi connectivity index (χ4v) is 4.04. The summed E-state index contributed by atoms with van der Waals surface area (Å²) in [5, 5.41) is -0.204. The summed E-state index contributed by atoms with van der Waals surface area (Å²) in [5.41, 5.74) is 6.68. The largest absolute Gasteiger partial charge is 0.379 e. The fourth-order valence-electron chi connectivity index (χ4n) is 2.04. The first-order valence-corrected chi connectivity index (χ1v) is 7.76. The monoisotopic (exact) mass is 287 g/mol. The standard InChI is InChI=1S/C12H14ClNO3S/c13-10-5-8(12(14)3-4-12)1-2-11(10)18(15,16)9-6-17-7-9/h1-2,5,9H,3-4,6-7,14H2. The maximum atomic E-state index is 12.2. The Balaban J connectivity index is 1.98. The second kappa shape index (κ2) is 3.93. The Kier molecular flexibility index (Phi) is 2.71. The predicted octanol–water partition coefficient (Wildman–Crippen LogP) is 1.46. The average Bonchev–Trinajstić information content (AvgIpc) is 2.93. The van der Waals surface area contributed by atoms with Crippen molar-refractivity contribution in [3.63, 3.8) is 0 Å². The molecule has 1 aliphatic heterocycles. The van der Waals surface area contributed by atoms with Crippen LogP contribution in [0.25, 0.3) is 0 Å². The Bertz CT molecular complexity index is 591. The van der Waals surface area contributed by atoms with Gasteiger partial charge >= 0.3 is 0 Å². The summed E-state index contributed by atoms with van der Waals surface area (Å²) in [4.78, 5) is 0.186. The summed E-state index contributed by atoms with van der Waals surface area (Å²) in [6.07, 6.45) is 1.85. The maximum absolute atomic E-state index is 12.2. The molecule has 1 aromatic carbocycles. The van der Waals surface area contributed by atoms with Gasteiger partial charge < -0.3 is 10.5 Å². The van der Waals surface area contributed by atoms with Gasteiger partial charge in [-0.2, -0.15) is 0 Å². The van der Waals surface area contributed by atoms with Crippen molar-refractivity contribution in [2.45, 2.75) is 28.5 Å². The van der Waals surface area contributed by atoms with Crippen molar-refractivity contribution in [2.24, 2.45) is 5.73 Å². The summed E-state index contributed by atoms with van der Waals surface area (Å²) in [5.74, 6) is 0. The Labute approximate surface area is 111 Å². The second-order valence-corrected chi connectivity index (χ2v) is 7.61. The van der Waals surface area contributed by atoms with Gasteiger partial charge in [0.1, 0.15) is 5.25 Å². The number of hydrogen-bond acceptors (Lipinski definition) is 4. The van der Waals surface area contributed by atoms with Gasteiger partial charge in [-0.1, -0.05) is 17.7 Å². The summed E-state index contributed by atoms with van der Waals surface area (Å²) >= 11 is 6.10. The van der Waals surface area contributed by atoms with E-state index in [0.717, 1.165) is 18.4 Å². The first kappa shape index (κ1) is 12.4. The van der Waals surface area contributed by atoms with E-state index in [1.165, 1.54) is 0 Å². The van der Waals surface area contributed by atoms with Crippen LogP contribution in [-0.4, -0.2) is 26.9 Å². The van der Waals surface area contributed by atoms with Gasteiger partial charge in [-0.3, -0.25) is 0 Å². The van der Waals surface area contributed by atoms with Gasteiger partial charge in [0.2, 0.25) is 0 Å². The molecule has 1 saturated carbocycles. The highest BCUT2D eigenvalue weighted by molar-refractivity contribution is 7.92. The van der Waals surface area contributed by atoms with E-state index < -0.39 is 15.1 Å². The van der Waals surface area contributed by atoms with Crippen LogP contribution in [0.3, 0.4) is 0 Å². The molecule has 1 aromatic rings. The SMILES string of the molecule is NC1(c2ccc(S(=O)(=O)C3COC3)c(Cl)c2)CC1. The number of benzene rings is 1. The summed E-state index contributed by atoms with van der Waals surface area (Å²) in [7, 11) is -3.37. The van der Waals surface area contributed by atoms with Crippen LogP contribution in [0.4, 0.5) is 0 Å². The molecule has 2 fully saturated rings. The summed E-state index contributed by atoms with van der Waals surface area (Å²) < 4.78 is 29.4. The van der Waals surface area contributed by atoms with Crippen molar-refractivity contribution in [3.8, 4) is 0 Å². The minimum Gasteiger partial charge on any atom is -0.379 e. The van der Waals surface area contributed by atoms with Crippen LogP contribution >= 0.6 is 11.6 Å². The van der Waals surface area contributed by atoms with Crippen LogP contribution in [0.1, 0.15) is 18.4 Å². The summed E-state index contributed by atoms with van der Waals surface area (Å²) in [6, 6.07) is 5.02. The van der Waals surface area contributed by atoms with Crippen molar-refractivity contribution in [1.29, 1.82) is 0 Å². The Hall–Kier alpha value is -0.620. The Morgan fingerprint density at radius 2 is 2.00 bits per heavy atom. The van der Waals surface area contributed by atoms with E-state index >= 15 is 0 Å². The molecule has 1 aliphatic carbocycles. The molecule has 4 nitrogen and oxygen atoms in total. The zero-order valence-corrected chi connectivity index (χ0v) is 11.3. The van der Waals surface area contributed by atoms with E-state index in [2.05, 4.69) is 0 Å². The third-order valence-electron chi connectivity index (χ3n) is 3.65. The highest BCUT2D eigenvalue weighted by atomic mass is 35.5. The molecular weight excluding hydrogens is 274 g/mol. The molecule has 2 N–H and O–H groups in total. The first-order valence-electron chi connectivity index (χ1n) is 5.84. The molecule has 0 unspecified atom stereocenters. The predicted molar refractivity (Wildman–Crippen MR) is 68.3 cm³/mol. The lowest BCUT2D eigenvalue weighted by molar-refractivity contribution is 0.0416. The molecule has 2 aliphatic rings. The number of rotatable bonds is 3. The molecule has 0 aromatic heterocycles. The van der Waals surface area contributed by atoms with Crippen LogP contribution in [0.15, 0.2) is 23.1 Å². The Morgan fingerprint density at radius 1 is 1.33 bits per heavy atom. The first-order chi connectivity index (χ1) is 8.43. The molecule has 98 valence electrons. The van der Waals surface area contributed by atoms with Crippen molar-refractivity contribution in [2.75, 3.05) is 13.2 Å². The van der Waals surface area contributed by atoms with E-state index in [-0.39, 0.29) is 28.7 Å². The van der Waals surface area contributed by atoms with E-state index in [1.807, 2.05) is 0 Å². The number of hydrogen-bond donors (Lipinski definition) is 1. The second-order valence-electron chi connectivity index (χ2n) is 5.01. The van der Waals surface area contributed by atoms with Crippen LogP contribution in [0, 0.1) is 0 Å². The van der Waals surface area contributed by atoms with Crippen molar-refractivity contribution >= 4 is 21.4 Å². The minimum absolute atomic E-state index is 0.186. The van der Waals surface area contributed by atoms with Crippen molar-refractivity contribution in [3.05, 3.63) is 28.8 Å². The summed E-state index contributed by atoms with van der Waals surface area (Å²) in [6.45, 7) is 0.502. The molecular formula is C12H14ClNO3S. The van der Waals surface area contributed by atoms with Crippen LogP contribution < -0.4 is 5.73 Å². The molecule has 18 heavy (non-hydrogen) atoms. The normalized spacial score (nSPS) is 22.6. The highest BCUT2D eigenvalue weighted by Crippen LogP contribution is 2.44. The van der Waals surface area contributed by atoms with Crippen LogP contribution in [0.5, 0.6) is 0 Å². The van der Waals surface area contributed by atoms with Gasteiger partial charge in [0.25, 0.3) is 0 Å². The van der Waals surface area contributed by atoms with E-state index in [4.69, 9.17) is 22.1 Å². The van der Waals surface area contributed by atoms with Gasteiger partial charge in [0, 0.05) is 5.54 Å². The molecule has 0 atom stereocenters. The van der Waals surface area contributed by atoms with Gasteiger partial charge in [0.05, 0.1) is 23.1 Å². The van der Waals surface area contributed by atoms with Gasteiger partial charge in [-0.05, 0) is 30.5 Å². The molecule has 3 rings (SSSR count). The smallest absolute Gasteiger partial charge is 0.187 e. The van der Waals surface area contributed by atoms with Crippen molar-refractivity contribution < 1.29 is 13.2 Å². The minimum atomic E-state index is -3.37. The maximum Gasteiger partial charge on any atom is 0.187 e. The van der Waals surface area contributed by atoms with Gasteiger partial charge in [-0.25, -0.2) is 8.42 Å². The van der Waals surface area contributed by atoms with E-state index in [0.29, 0.717) is 0 Å². The fraction of sp³-hybridized carbons (Fsp3) is 0.500. The zero-order valence-electron chi connectivity index (χ0n) is 9.73. The van der Waals surface area contributed by atoms with Crippen LogP contribution in [0.2, 0.25) is 5.02 Å². The van der Waals surface area contributed by atoms with Gasteiger partial charge in [-0.15, -0.1) is 0 Å². The number of nitrogens with two attached hydrogens (primary N) is 1. The topological polar surface area (TPSA) is 69.4 Å². The molecule has 1 saturated heterocycles. The number of sulfone groups is 1. The van der Waals surface area contributed by atoms with E-state index in [9.17, 15) is 8.42 Å². The molecule has 1 heterocycles. The molecule has 0 spiro atoms. The van der Waals surface area contributed by atoms with E-state index in [1.54, 1.807) is 18.2 Å². The average molecular weight is 288 g/mol. The highest BCUT2D eigenvalue weighted by Gasteiger charge is 2.41. The quantitative estimate of drug-likeness (QED) is 0.914. The number of halogens is 1. The van der Waals surface area contributed by atoms with Crippen molar-refractivity contribution in [1.82, 2.24) is 0 Å². The lowest BCUT2D eigenvalue weighted by Crippen LogP contribution is -2.40. The molecule has 0 amide bonds. The molecule has 6 heteroatoms. The lowest BCUT2D eigenvalue weighted by atomic mass is 10.1. The van der Waals surface area contributed by atoms with Crippen LogP contribution in [-0.2, 0) is 20.1 Å². The molecule has 0 bridgehead atoms. The van der Waals surface area contributed by atoms with Gasteiger partial charge in [0.15, 0.2) is 9.84 Å². The third kappa shape index (κ3) is 1.86. The third-order valence-corrected chi connectivity index (χ3v) is 6.19. The number of ether oxygens (including phenoxy) is 1. The zero-order chi connectivity index (χ0) is 13.0. The molecule has 0 radical (unpaired) electrons. The lowest BCUT2D eigenvalue weighted by Gasteiger charge is -2.26.